The van der Waals surface area contributed by atoms with Crippen LogP contribution in [0.1, 0.15) is 31.0 Å². The molecule has 1 saturated heterocycles. The van der Waals surface area contributed by atoms with Crippen molar-refractivity contribution in [2.24, 2.45) is 0 Å². The Kier molecular flexibility index (Phi) is 4.90. The maximum atomic E-state index is 14.9. The van der Waals surface area contributed by atoms with E-state index in [1.165, 1.54) is 4.68 Å². The SMILES string of the molecule is Cc1c(Nc2ncc3cc[nH]c3n2)cnn1C1CC(N2CCOCC2)CCC1(F)F. The molecule has 5 rings (SSSR count). The molecule has 0 amide bonds. The molecule has 0 spiro atoms. The van der Waals surface area contributed by atoms with Crippen molar-refractivity contribution in [1.29, 1.82) is 0 Å². The first-order valence-electron chi connectivity index (χ1n) is 10.3. The number of fused-ring (bicyclic) bond motifs is 1. The number of nitrogens with one attached hydrogen (secondary N) is 2. The molecular weight excluding hydrogens is 392 g/mol. The lowest BCUT2D eigenvalue weighted by molar-refractivity contribution is -0.107. The molecule has 2 aliphatic rings. The van der Waals surface area contributed by atoms with Crippen molar-refractivity contribution in [3.8, 4) is 0 Å². The van der Waals surface area contributed by atoms with Crippen LogP contribution >= 0.6 is 0 Å². The van der Waals surface area contributed by atoms with E-state index in [2.05, 4.69) is 30.3 Å². The maximum absolute atomic E-state index is 14.9. The summed E-state index contributed by atoms with van der Waals surface area (Å²) in [5.41, 5.74) is 1.99. The van der Waals surface area contributed by atoms with Gasteiger partial charge in [0, 0.05) is 43.3 Å². The molecule has 4 heterocycles. The van der Waals surface area contributed by atoms with Crippen molar-refractivity contribution in [1.82, 2.24) is 29.6 Å². The second-order valence-corrected chi connectivity index (χ2v) is 8.04. The molecule has 1 saturated carbocycles. The Balaban J connectivity index is 1.37. The molecular formula is C20H25F2N7O. The van der Waals surface area contributed by atoms with Gasteiger partial charge in [0.25, 0.3) is 5.92 Å². The summed E-state index contributed by atoms with van der Waals surface area (Å²) in [4.78, 5) is 14.0. The Labute approximate surface area is 172 Å². The summed E-state index contributed by atoms with van der Waals surface area (Å²) in [6.07, 6.45) is 5.82. The van der Waals surface area contributed by atoms with Crippen LogP contribution in [-0.4, -0.2) is 67.9 Å². The molecule has 1 aliphatic heterocycles. The number of aromatic nitrogens is 5. The van der Waals surface area contributed by atoms with E-state index < -0.39 is 12.0 Å². The molecule has 2 atom stereocenters. The fourth-order valence-corrected chi connectivity index (χ4v) is 4.51. The van der Waals surface area contributed by atoms with Crippen LogP contribution in [0.25, 0.3) is 11.0 Å². The number of rotatable bonds is 4. The molecule has 160 valence electrons. The predicted octanol–water partition coefficient (Wildman–Crippen LogP) is 3.27. The smallest absolute Gasteiger partial charge is 0.270 e. The van der Waals surface area contributed by atoms with Gasteiger partial charge in [0.1, 0.15) is 11.7 Å². The number of alkyl halides is 2. The lowest BCUT2D eigenvalue weighted by Gasteiger charge is -2.42. The summed E-state index contributed by atoms with van der Waals surface area (Å²) in [7, 11) is 0. The normalized spacial score (nSPS) is 24.9. The van der Waals surface area contributed by atoms with Gasteiger partial charge in [-0.25, -0.2) is 13.8 Å². The van der Waals surface area contributed by atoms with E-state index in [0.29, 0.717) is 49.0 Å². The summed E-state index contributed by atoms with van der Waals surface area (Å²) in [6.45, 7) is 4.73. The molecule has 2 unspecified atom stereocenters. The van der Waals surface area contributed by atoms with Crippen molar-refractivity contribution in [3.05, 3.63) is 30.4 Å². The van der Waals surface area contributed by atoms with Crippen LogP contribution < -0.4 is 5.32 Å². The zero-order chi connectivity index (χ0) is 20.7. The largest absolute Gasteiger partial charge is 0.379 e. The fourth-order valence-electron chi connectivity index (χ4n) is 4.51. The summed E-state index contributed by atoms with van der Waals surface area (Å²) in [6, 6.07) is 1.04. The minimum Gasteiger partial charge on any atom is -0.379 e. The second kappa shape index (κ2) is 7.59. The first-order valence-corrected chi connectivity index (χ1v) is 10.3. The lowest BCUT2D eigenvalue weighted by atomic mass is 9.86. The average molecular weight is 417 g/mol. The zero-order valence-electron chi connectivity index (χ0n) is 16.8. The van der Waals surface area contributed by atoms with Gasteiger partial charge in [0.15, 0.2) is 0 Å². The number of hydrogen-bond donors (Lipinski definition) is 2. The van der Waals surface area contributed by atoms with Crippen molar-refractivity contribution < 1.29 is 13.5 Å². The maximum Gasteiger partial charge on any atom is 0.270 e. The summed E-state index contributed by atoms with van der Waals surface area (Å²) >= 11 is 0. The molecule has 1 aliphatic carbocycles. The highest BCUT2D eigenvalue weighted by Crippen LogP contribution is 2.44. The Morgan fingerprint density at radius 1 is 1.27 bits per heavy atom. The Bertz CT molecular complexity index is 1030. The summed E-state index contributed by atoms with van der Waals surface area (Å²) < 4.78 is 36.7. The van der Waals surface area contributed by atoms with E-state index in [1.54, 1.807) is 25.5 Å². The summed E-state index contributed by atoms with van der Waals surface area (Å²) in [5, 5.41) is 8.36. The molecule has 10 heteroatoms. The van der Waals surface area contributed by atoms with Crippen LogP contribution in [0, 0.1) is 6.92 Å². The Hall–Kier alpha value is -2.59. The van der Waals surface area contributed by atoms with Gasteiger partial charge in [-0.05, 0) is 25.8 Å². The van der Waals surface area contributed by atoms with Crippen molar-refractivity contribution >= 4 is 22.7 Å². The standard InChI is InChI=1S/C20H25F2N7O/c1-13-16(26-19-24-11-14-3-5-23-18(14)27-19)12-25-29(13)17-10-15(2-4-20(17,21)22)28-6-8-30-9-7-28/h3,5,11-12,15,17H,2,4,6-10H2,1H3,(H2,23,24,26,27). The van der Waals surface area contributed by atoms with Crippen molar-refractivity contribution in [2.75, 3.05) is 31.6 Å². The molecule has 2 N–H and O–H groups in total. The molecule has 8 nitrogen and oxygen atoms in total. The third-order valence-corrected chi connectivity index (χ3v) is 6.24. The third kappa shape index (κ3) is 3.54. The number of anilines is 2. The molecule has 0 radical (unpaired) electrons. The first kappa shape index (κ1) is 19.4. The molecule has 2 fully saturated rings. The van der Waals surface area contributed by atoms with Gasteiger partial charge in [-0.3, -0.25) is 9.58 Å². The molecule has 0 aromatic carbocycles. The van der Waals surface area contributed by atoms with E-state index in [1.807, 2.05) is 6.07 Å². The van der Waals surface area contributed by atoms with E-state index in [9.17, 15) is 8.78 Å². The van der Waals surface area contributed by atoms with Crippen LogP contribution in [0.3, 0.4) is 0 Å². The van der Waals surface area contributed by atoms with Crippen molar-refractivity contribution in [2.45, 2.75) is 44.2 Å². The van der Waals surface area contributed by atoms with Crippen LogP contribution in [0.4, 0.5) is 20.4 Å². The van der Waals surface area contributed by atoms with Crippen molar-refractivity contribution in [3.63, 3.8) is 0 Å². The average Bonchev–Trinajstić information content (AvgIpc) is 3.35. The van der Waals surface area contributed by atoms with Gasteiger partial charge in [-0.1, -0.05) is 0 Å². The number of hydrogen-bond acceptors (Lipinski definition) is 6. The zero-order valence-corrected chi connectivity index (χ0v) is 16.8. The predicted molar refractivity (Wildman–Crippen MR) is 108 cm³/mol. The summed E-state index contributed by atoms with van der Waals surface area (Å²) in [5.74, 6) is -2.40. The Morgan fingerprint density at radius 2 is 2.10 bits per heavy atom. The van der Waals surface area contributed by atoms with Gasteiger partial charge in [0.2, 0.25) is 5.95 Å². The van der Waals surface area contributed by atoms with Crippen LogP contribution in [0.5, 0.6) is 0 Å². The number of H-pyrrole nitrogens is 1. The molecule has 3 aromatic heterocycles. The fraction of sp³-hybridized carbons (Fsp3) is 0.550. The van der Waals surface area contributed by atoms with Crippen LogP contribution in [0.2, 0.25) is 0 Å². The molecule has 30 heavy (non-hydrogen) atoms. The van der Waals surface area contributed by atoms with E-state index in [0.717, 1.165) is 18.5 Å². The lowest BCUT2D eigenvalue weighted by Crippen LogP contribution is -2.50. The highest BCUT2D eigenvalue weighted by Gasteiger charge is 2.48. The van der Waals surface area contributed by atoms with E-state index >= 15 is 0 Å². The second-order valence-electron chi connectivity index (χ2n) is 8.04. The van der Waals surface area contributed by atoms with Gasteiger partial charge in [-0.2, -0.15) is 10.1 Å². The minimum atomic E-state index is -2.80. The molecule has 3 aromatic rings. The topological polar surface area (TPSA) is 83.9 Å². The van der Waals surface area contributed by atoms with Crippen LogP contribution in [0.15, 0.2) is 24.7 Å². The third-order valence-electron chi connectivity index (χ3n) is 6.24. The number of halogens is 2. The van der Waals surface area contributed by atoms with E-state index in [4.69, 9.17) is 4.74 Å². The number of morpholine rings is 1. The minimum absolute atomic E-state index is 0.122. The molecule has 0 bridgehead atoms. The van der Waals surface area contributed by atoms with Gasteiger partial charge in [0.05, 0.1) is 30.8 Å². The van der Waals surface area contributed by atoms with Gasteiger partial charge < -0.3 is 15.0 Å². The highest BCUT2D eigenvalue weighted by atomic mass is 19.3. The van der Waals surface area contributed by atoms with Gasteiger partial charge >= 0.3 is 0 Å². The monoisotopic (exact) mass is 417 g/mol. The first-order chi connectivity index (χ1) is 14.5. The van der Waals surface area contributed by atoms with Crippen LogP contribution in [-0.2, 0) is 4.74 Å². The quantitative estimate of drug-likeness (QED) is 0.678. The number of nitrogens with zero attached hydrogens (tertiary/aromatic N) is 5. The van der Waals surface area contributed by atoms with E-state index in [-0.39, 0.29) is 12.5 Å². The number of aromatic amines is 1. The van der Waals surface area contributed by atoms with Gasteiger partial charge in [-0.15, -0.1) is 0 Å². The highest BCUT2D eigenvalue weighted by molar-refractivity contribution is 5.75. The Morgan fingerprint density at radius 3 is 2.93 bits per heavy atom. The number of ether oxygens (including phenoxy) is 1.